The number of nitrogens with zero attached hydrogens (tertiary/aromatic N) is 1. The van der Waals surface area contributed by atoms with Gasteiger partial charge in [0.2, 0.25) is 0 Å². The Morgan fingerprint density at radius 3 is 2.32 bits per heavy atom. The smallest absolute Gasteiger partial charge is 0.261 e. The van der Waals surface area contributed by atoms with Gasteiger partial charge < -0.3 is 15.0 Å². The Morgan fingerprint density at radius 2 is 1.65 bits per heavy atom. The number of hydrogen-bond donors (Lipinski definition) is 1. The van der Waals surface area contributed by atoms with Gasteiger partial charge >= 0.3 is 0 Å². The number of carbonyl (C=O) groups is 1. The molecular weight excluding hydrogens is 404 g/mol. The maximum absolute atomic E-state index is 12.6. The first-order valence-electron chi connectivity index (χ1n) is 11.1. The van der Waals surface area contributed by atoms with Crippen LogP contribution in [0.5, 0.6) is 11.5 Å². The van der Waals surface area contributed by atoms with Crippen LogP contribution in [0.25, 0.3) is 10.4 Å². The second kappa shape index (κ2) is 11.7. The molecule has 3 rings (SSSR count). The van der Waals surface area contributed by atoms with Crippen LogP contribution < -0.4 is 10.1 Å². The van der Waals surface area contributed by atoms with E-state index >= 15 is 0 Å². The summed E-state index contributed by atoms with van der Waals surface area (Å²) < 4.78 is 5.85. The number of carbonyl (C=O) groups excluding carboxylic acids is 1. The first kappa shape index (κ1) is 23.0. The fourth-order valence-corrected chi connectivity index (χ4v) is 4.37. The monoisotopic (exact) mass is 436 g/mol. The number of para-hydroxylation sites is 1. The Bertz CT molecular complexity index is 934. The molecule has 0 saturated heterocycles. The number of nitrogens with one attached hydrogen (secondary N) is 1. The van der Waals surface area contributed by atoms with E-state index < -0.39 is 0 Å². The Balaban J connectivity index is 1.52. The van der Waals surface area contributed by atoms with Crippen molar-refractivity contribution in [2.24, 2.45) is 0 Å². The van der Waals surface area contributed by atoms with E-state index in [4.69, 9.17) is 4.74 Å². The summed E-state index contributed by atoms with van der Waals surface area (Å²) in [6, 6.07) is 21.8. The summed E-state index contributed by atoms with van der Waals surface area (Å²) >= 11 is 1.52. The third kappa shape index (κ3) is 6.94. The molecule has 0 saturated carbocycles. The van der Waals surface area contributed by atoms with Crippen LogP contribution in [0, 0.1) is 0 Å². The van der Waals surface area contributed by atoms with Gasteiger partial charge in [-0.2, -0.15) is 0 Å². The maximum atomic E-state index is 12.6. The fourth-order valence-electron chi connectivity index (χ4n) is 3.45. The SMILES string of the molecule is CCN(CC)CCC[C@H](C)NC(=O)c1ccc(-c2ccc(Oc3ccccc3)cc2)s1. The van der Waals surface area contributed by atoms with Gasteiger partial charge in [-0.15, -0.1) is 11.3 Å². The fraction of sp³-hybridized carbons (Fsp3) is 0.346. The van der Waals surface area contributed by atoms with Crippen molar-refractivity contribution in [3.63, 3.8) is 0 Å². The summed E-state index contributed by atoms with van der Waals surface area (Å²) in [7, 11) is 0. The predicted molar refractivity (Wildman–Crippen MR) is 130 cm³/mol. The molecule has 1 aromatic heterocycles. The van der Waals surface area contributed by atoms with Crippen LogP contribution in [-0.2, 0) is 0 Å². The van der Waals surface area contributed by atoms with Crippen molar-refractivity contribution >= 4 is 17.2 Å². The Hall–Kier alpha value is -2.63. The molecule has 3 aromatic rings. The molecule has 164 valence electrons. The van der Waals surface area contributed by atoms with E-state index in [1.807, 2.05) is 66.7 Å². The topological polar surface area (TPSA) is 41.6 Å². The molecule has 31 heavy (non-hydrogen) atoms. The summed E-state index contributed by atoms with van der Waals surface area (Å²) in [5.41, 5.74) is 1.08. The number of thiophene rings is 1. The van der Waals surface area contributed by atoms with Gasteiger partial charge in [0.1, 0.15) is 11.5 Å². The van der Waals surface area contributed by atoms with E-state index in [-0.39, 0.29) is 11.9 Å². The van der Waals surface area contributed by atoms with Crippen LogP contribution >= 0.6 is 11.3 Å². The molecule has 0 aliphatic rings. The lowest BCUT2D eigenvalue weighted by atomic mass is 10.1. The zero-order chi connectivity index (χ0) is 22.1. The van der Waals surface area contributed by atoms with Gasteiger partial charge in [-0.05, 0) is 93.5 Å². The molecule has 0 fully saturated rings. The molecule has 0 radical (unpaired) electrons. The minimum atomic E-state index is 0.00983. The average molecular weight is 437 g/mol. The van der Waals surface area contributed by atoms with Gasteiger partial charge in [0.25, 0.3) is 5.91 Å². The molecule has 0 bridgehead atoms. The molecule has 1 amide bonds. The molecule has 0 spiro atoms. The zero-order valence-electron chi connectivity index (χ0n) is 18.6. The van der Waals surface area contributed by atoms with Crippen LogP contribution in [-0.4, -0.2) is 36.5 Å². The Morgan fingerprint density at radius 1 is 0.968 bits per heavy atom. The Kier molecular flexibility index (Phi) is 8.68. The highest BCUT2D eigenvalue weighted by Gasteiger charge is 2.13. The highest BCUT2D eigenvalue weighted by atomic mass is 32.1. The van der Waals surface area contributed by atoms with Crippen LogP contribution in [0.15, 0.2) is 66.7 Å². The van der Waals surface area contributed by atoms with E-state index in [2.05, 4.69) is 31.0 Å². The molecule has 1 N–H and O–H groups in total. The quantitative estimate of drug-likeness (QED) is 0.376. The van der Waals surface area contributed by atoms with Gasteiger partial charge in [-0.25, -0.2) is 0 Å². The minimum absolute atomic E-state index is 0.00983. The summed E-state index contributed by atoms with van der Waals surface area (Å²) in [6.45, 7) is 9.70. The summed E-state index contributed by atoms with van der Waals surface area (Å²) in [5, 5.41) is 3.14. The summed E-state index contributed by atoms with van der Waals surface area (Å²) in [4.78, 5) is 16.9. The van der Waals surface area contributed by atoms with Crippen molar-refractivity contribution in [2.75, 3.05) is 19.6 Å². The Labute approximate surface area is 189 Å². The van der Waals surface area contributed by atoms with Crippen molar-refractivity contribution < 1.29 is 9.53 Å². The number of hydrogen-bond acceptors (Lipinski definition) is 4. The highest BCUT2D eigenvalue weighted by molar-refractivity contribution is 7.17. The first-order valence-corrected chi connectivity index (χ1v) is 11.9. The molecular formula is C26H32N2O2S. The molecule has 5 heteroatoms. The molecule has 1 heterocycles. The molecule has 0 aliphatic heterocycles. The second-order valence-electron chi connectivity index (χ2n) is 7.65. The van der Waals surface area contributed by atoms with Crippen molar-refractivity contribution in [3.05, 3.63) is 71.6 Å². The van der Waals surface area contributed by atoms with Crippen LogP contribution in [0.2, 0.25) is 0 Å². The largest absolute Gasteiger partial charge is 0.457 e. The van der Waals surface area contributed by atoms with Crippen LogP contribution in [0.3, 0.4) is 0 Å². The number of rotatable bonds is 11. The lowest BCUT2D eigenvalue weighted by molar-refractivity contribution is 0.0941. The average Bonchev–Trinajstić information content (AvgIpc) is 3.28. The maximum Gasteiger partial charge on any atom is 0.261 e. The van der Waals surface area contributed by atoms with Crippen molar-refractivity contribution in [2.45, 2.75) is 39.7 Å². The molecule has 4 nitrogen and oxygen atoms in total. The van der Waals surface area contributed by atoms with Gasteiger partial charge in [0.15, 0.2) is 0 Å². The van der Waals surface area contributed by atoms with E-state index in [0.29, 0.717) is 0 Å². The van der Waals surface area contributed by atoms with Gasteiger partial charge in [0.05, 0.1) is 4.88 Å². The normalized spacial score (nSPS) is 12.0. The van der Waals surface area contributed by atoms with E-state index in [0.717, 1.165) is 59.3 Å². The predicted octanol–water partition coefficient (Wildman–Crippen LogP) is 6.45. The van der Waals surface area contributed by atoms with Gasteiger partial charge in [0, 0.05) is 10.9 Å². The van der Waals surface area contributed by atoms with Crippen molar-refractivity contribution in [1.29, 1.82) is 0 Å². The third-order valence-corrected chi connectivity index (χ3v) is 6.46. The van der Waals surface area contributed by atoms with Crippen molar-refractivity contribution in [3.8, 4) is 21.9 Å². The number of amides is 1. The van der Waals surface area contributed by atoms with E-state index in [1.54, 1.807) is 0 Å². The van der Waals surface area contributed by atoms with Gasteiger partial charge in [-0.1, -0.05) is 32.0 Å². The zero-order valence-corrected chi connectivity index (χ0v) is 19.5. The summed E-state index contributed by atoms with van der Waals surface area (Å²) in [6.07, 6.45) is 2.08. The minimum Gasteiger partial charge on any atom is -0.457 e. The highest BCUT2D eigenvalue weighted by Crippen LogP contribution is 2.30. The van der Waals surface area contributed by atoms with Gasteiger partial charge in [-0.3, -0.25) is 4.79 Å². The van der Waals surface area contributed by atoms with E-state index in [1.165, 1.54) is 11.3 Å². The first-order chi connectivity index (χ1) is 15.1. The molecule has 0 aliphatic carbocycles. The standard InChI is InChI=1S/C26H32N2O2S/c1-4-28(5-2)19-9-10-20(3)27-26(29)25-18-17-24(31-25)21-13-15-23(16-14-21)30-22-11-7-6-8-12-22/h6-8,11-18,20H,4-5,9-10,19H2,1-3H3,(H,27,29)/t20-/m0/s1. The van der Waals surface area contributed by atoms with Crippen molar-refractivity contribution in [1.82, 2.24) is 10.2 Å². The lowest BCUT2D eigenvalue weighted by Gasteiger charge is -2.19. The lowest BCUT2D eigenvalue weighted by Crippen LogP contribution is -2.33. The van der Waals surface area contributed by atoms with Crippen LogP contribution in [0.4, 0.5) is 0 Å². The molecule has 2 aromatic carbocycles. The number of benzene rings is 2. The summed E-state index contributed by atoms with van der Waals surface area (Å²) in [5.74, 6) is 1.62. The third-order valence-electron chi connectivity index (χ3n) is 5.33. The number of ether oxygens (including phenoxy) is 1. The molecule has 0 unspecified atom stereocenters. The van der Waals surface area contributed by atoms with E-state index in [9.17, 15) is 4.79 Å². The second-order valence-corrected chi connectivity index (χ2v) is 8.73. The molecule has 1 atom stereocenters. The van der Waals surface area contributed by atoms with Crippen LogP contribution in [0.1, 0.15) is 43.3 Å².